The molecule has 5 heteroatoms. The Kier molecular flexibility index (Phi) is 4.80. The minimum atomic E-state index is -0.773. The van der Waals surface area contributed by atoms with Crippen molar-refractivity contribution in [1.29, 1.82) is 0 Å². The molecule has 3 atom stereocenters. The van der Waals surface area contributed by atoms with Gasteiger partial charge in [-0.3, -0.25) is 9.59 Å². The van der Waals surface area contributed by atoms with Crippen molar-refractivity contribution < 1.29 is 14.7 Å². The molecular weight excluding hydrogens is 244 g/mol. The summed E-state index contributed by atoms with van der Waals surface area (Å²) in [6.45, 7) is 3.80. The molecule has 2 rings (SSSR count). The summed E-state index contributed by atoms with van der Waals surface area (Å²) in [7, 11) is 0. The van der Waals surface area contributed by atoms with Gasteiger partial charge in [0.25, 0.3) is 0 Å². The number of amides is 1. The number of piperidine rings is 1. The van der Waals surface area contributed by atoms with Crippen LogP contribution in [-0.4, -0.2) is 47.1 Å². The highest BCUT2D eigenvalue weighted by atomic mass is 16.4. The molecule has 0 radical (unpaired) electrons. The smallest absolute Gasteiger partial charge is 0.303 e. The Bertz CT molecular complexity index is 346. The van der Waals surface area contributed by atoms with Gasteiger partial charge in [-0.2, -0.15) is 0 Å². The van der Waals surface area contributed by atoms with E-state index in [9.17, 15) is 9.59 Å². The molecule has 0 saturated carbocycles. The van der Waals surface area contributed by atoms with E-state index in [1.807, 2.05) is 4.90 Å². The predicted octanol–water partition coefficient (Wildman–Crippen LogP) is 1.23. The number of likely N-dealkylation sites (tertiary alicyclic amines) is 1. The van der Waals surface area contributed by atoms with Gasteiger partial charge in [-0.05, 0) is 44.6 Å². The summed E-state index contributed by atoms with van der Waals surface area (Å²) in [4.78, 5) is 25.2. The molecule has 19 heavy (non-hydrogen) atoms. The molecular formula is C14H24N2O3. The van der Waals surface area contributed by atoms with Gasteiger partial charge in [-0.15, -0.1) is 0 Å². The second-order valence-electron chi connectivity index (χ2n) is 5.81. The molecule has 108 valence electrons. The largest absolute Gasteiger partial charge is 0.481 e. The van der Waals surface area contributed by atoms with E-state index in [4.69, 9.17) is 5.11 Å². The quantitative estimate of drug-likeness (QED) is 0.804. The van der Waals surface area contributed by atoms with E-state index in [-0.39, 0.29) is 24.4 Å². The molecule has 2 heterocycles. The molecule has 0 aromatic rings. The normalized spacial score (nSPS) is 31.4. The molecule has 2 N–H and O–H groups in total. The lowest BCUT2D eigenvalue weighted by atomic mass is 9.95. The number of rotatable bonds is 4. The first-order valence-electron chi connectivity index (χ1n) is 7.35. The van der Waals surface area contributed by atoms with Crippen LogP contribution < -0.4 is 5.32 Å². The molecule has 2 saturated heterocycles. The maximum Gasteiger partial charge on any atom is 0.303 e. The van der Waals surface area contributed by atoms with Crippen LogP contribution in [0.25, 0.3) is 0 Å². The summed E-state index contributed by atoms with van der Waals surface area (Å²) in [5, 5.41) is 12.1. The van der Waals surface area contributed by atoms with Crippen LogP contribution in [0.15, 0.2) is 0 Å². The molecule has 0 aromatic heterocycles. The lowest BCUT2D eigenvalue weighted by molar-refractivity contribution is -0.141. The Morgan fingerprint density at radius 3 is 2.74 bits per heavy atom. The lowest BCUT2D eigenvalue weighted by Crippen LogP contribution is -2.52. The molecule has 1 amide bonds. The number of hydrogen-bond donors (Lipinski definition) is 2. The van der Waals surface area contributed by atoms with Gasteiger partial charge in [-0.1, -0.05) is 6.92 Å². The van der Waals surface area contributed by atoms with Gasteiger partial charge in [0, 0.05) is 19.0 Å². The second-order valence-corrected chi connectivity index (χ2v) is 5.81. The van der Waals surface area contributed by atoms with Crippen molar-refractivity contribution in [3.05, 3.63) is 0 Å². The fraction of sp³-hybridized carbons (Fsp3) is 0.857. The van der Waals surface area contributed by atoms with Gasteiger partial charge >= 0.3 is 5.97 Å². The summed E-state index contributed by atoms with van der Waals surface area (Å²) < 4.78 is 0. The molecule has 0 aromatic carbocycles. The van der Waals surface area contributed by atoms with E-state index < -0.39 is 5.97 Å². The molecule has 5 nitrogen and oxygen atoms in total. The number of carbonyl (C=O) groups is 2. The number of carboxylic acid groups (broad SMARTS) is 1. The van der Waals surface area contributed by atoms with Crippen LogP contribution in [0, 0.1) is 5.92 Å². The average Bonchev–Trinajstić information content (AvgIpc) is 2.82. The van der Waals surface area contributed by atoms with Crippen LogP contribution in [-0.2, 0) is 9.59 Å². The summed E-state index contributed by atoms with van der Waals surface area (Å²) >= 11 is 0. The van der Waals surface area contributed by atoms with Crippen molar-refractivity contribution in [3.63, 3.8) is 0 Å². The molecule has 0 spiro atoms. The molecule has 2 aliphatic rings. The second kappa shape index (κ2) is 6.37. The Hall–Kier alpha value is -1.10. The standard InChI is InChI=1S/C14H24N2O3/c1-10-7-8-15-13(10)14(19)16-9-3-2-4-11(16)5-6-12(17)18/h10-11,13,15H,2-9H2,1H3,(H,17,18). The maximum absolute atomic E-state index is 12.6. The third kappa shape index (κ3) is 3.47. The first-order valence-corrected chi connectivity index (χ1v) is 7.35. The molecule has 0 bridgehead atoms. The van der Waals surface area contributed by atoms with Crippen molar-refractivity contribution in [3.8, 4) is 0 Å². The van der Waals surface area contributed by atoms with Crippen molar-refractivity contribution in [2.24, 2.45) is 5.92 Å². The molecule has 2 aliphatic heterocycles. The van der Waals surface area contributed by atoms with E-state index in [1.165, 1.54) is 0 Å². The molecule has 3 unspecified atom stereocenters. The number of aliphatic carboxylic acids is 1. The van der Waals surface area contributed by atoms with Crippen LogP contribution in [0.2, 0.25) is 0 Å². The molecule has 2 fully saturated rings. The van der Waals surface area contributed by atoms with Gasteiger partial charge in [0.2, 0.25) is 5.91 Å². The fourth-order valence-electron chi connectivity index (χ4n) is 3.22. The van der Waals surface area contributed by atoms with Gasteiger partial charge in [0.05, 0.1) is 6.04 Å². The zero-order chi connectivity index (χ0) is 13.8. The van der Waals surface area contributed by atoms with Crippen LogP contribution >= 0.6 is 0 Å². The summed E-state index contributed by atoms with van der Waals surface area (Å²) in [5.74, 6) is -0.208. The van der Waals surface area contributed by atoms with Crippen LogP contribution in [0.3, 0.4) is 0 Å². The highest BCUT2D eigenvalue weighted by Gasteiger charge is 2.36. The SMILES string of the molecule is CC1CCNC1C(=O)N1CCCCC1CCC(=O)O. The van der Waals surface area contributed by atoms with E-state index in [0.29, 0.717) is 12.3 Å². The first-order chi connectivity index (χ1) is 9.09. The van der Waals surface area contributed by atoms with Crippen LogP contribution in [0.4, 0.5) is 0 Å². The number of nitrogens with one attached hydrogen (secondary N) is 1. The highest BCUT2D eigenvalue weighted by Crippen LogP contribution is 2.25. The minimum absolute atomic E-state index is 0.0644. The van der Waals surface area contributed by atoms with E-state index in [0.717, 1.165) is 38.8 Å². The first kappa shape index (κ1) is 14.3. The van der Waals surface area contributed by atoms with E-state index in [2.05, 4.69) is 12.2 Å². The Morgan fingerprint density at radius 1 is 1.32 bits per heavy atom. The summed E-state index contributed by atoms with van der Waals surface area (Å²) in [6.07, 6.45) is 4.87. The van der Waals surface area contributed by atoms with Gasteiger partial charge in [0.15, 0.2) is 0 Å². The topological polar surface area (TPSA) is 69.6 Å². The minimum Gasteiger partial charge on any atom is -0.481 e. The van der Waals surface area contributed by atoms with Crippen molar-refractivity contribution >= 4 is 11.9 Å². The third-order valence-corrected chi connectivity index (χ3v) is 4.40. The van der Waals surface area contributed by atoms with Crippen LogP contribution in [0.1, 0.15) is 45.4 Å². The van der Waals surface area contributed by atoms with Gasteiger partial charge in [-0.25, -0.2) is 0 Å². The summed E-state index contributed by atoms with van der Waals surface area (Å²) in [5.41, 5.74) is 0. The number of nitrogens with zero attached hydrogens (tertiary/aromatic N) is 1. The van der Waals surface area contributed by atoms with Crippen molar-refractivity contribution in [2.75, 3.05) is 13.1 Å². The van der Waals surface area contributed by atoms with Crippen molar-refractivity contribution in [1.82, 2.24) is 10.2 Å². The van der Waals surface area contributed by atoms with Gasteiger partial charge < -0.3 is 15.3 Å². The lowest BCUT2D eigenvalue weighted by Gasteiger charge is -2.38. The monoisotopic (exact) mass is 268 g/mol. The van der Waals surface area contributed by atoms with Crippen LogP contribution in [0.5, 0.6) is 0 Å². The zero-order valence-corrected chi connectivity index (χ0v) is 11.6. The van der Waals surface area contributed by atoms with Gasteiger partial charge in [0.1, 0.15) is 0 Å². The predicted molar refractivity (Wildman–Crippen MR) is 71.8 cm³/mol. The Morgan fingerprint density at radius 2 is 2.11 bits per heavy atom. The number of hydrogen-bond acceptors (Lipinski definition) is 3. The highest BCUT2D eigenvalue weighted by molar-refractivity contribution is 5.83. The van der Waals surface area contributed by atoms with E-state index in [1.54, 1.807) is 0 Å². The summed E-state index contributed by atoms with van der Waals surface area (Å²) in [6, 6.07) is 0.0531. The molecule has 0 aliphatic carbocycles. The van der Waals surface area contributed by atoms with Crippen molar-refractivity contribution in [2.45, 2.75) is 57.5 Å². The number of carbonyl (C=O) groups excluding carboxylic acids is 1. The van der Waals surface area contributed by atoms with E-state index >= 15 is 0 Å². The fourth-order valence-corrected chi connectivity index (χ4v) is 3.22. The Balaban J connectivity index is 1.97. The maximum atomic E-state index is 12.6. The Labute approximate surface area is 114 Å². The average molecular weight is 268 g/mol. The number of carboxylic acids is 1. The zero-order valence-electron chi connectivity index (χ0n) is 11.6. The third-order valence-electron chi connectivity index (χ3n) is 4.40.